The van der Waals surface area contributed by atoms with Gasteiger partial charge >= 0.3 is 0 Å². The van der Waals surface area contributed by atoms with E-state index >= 15 is 0 Å². The van der Waals surface area contributed by atoms with Crippen molar-refractivity contribution in [3.8, 4) is 11.6 Å². The topological polar surface area (TPSA) is 73.1 Å². The molecule has 0 saturated carbocycles. The van der Waals surface area contributed by atoms with Crippen LogP contribution in [0.2, 0.25) is 0 Å². The highest BCUT2D eigenvalue weighted by Crippen LogP contribution is 2.25. The minimum atomic E-state index is 0.503. The summed E-state index contributed by atoms with van der Waals surface area (Å²) in [6, 6.07) is 7.73. The number of anilines is 1. The summed E-state index contributed by atoms with van der Waals surface area (Å²) in [5, 5.41) is 0. The van der Waals surface area contributed by atoms with Crippen LogP contribution < -0.4 is 16.0 Å². The average Bonchev–Trinajstić information content (AvgIpc) is 2.42. The Morgan fingerprint density at radius 3 is 2.65 bits per heavy atom. The van der Waals surface area contributed by atoms with Crippen molar-refractivity contribution in [2.45, 2.75) is 33.6 Å². The molecule has 5 heteroatoms. The molecule has 0 radical (unpaired) electrons. The fourth-order valence-electron chi connectivity index (χ4n) is 1.96. The Morgan fingerprint density at radius 1 is 1.20 bits per heavy atom. The van der Waals surface area contributed by atoms with E-state index in [0.29, 0.717) is 11.7 Å². The summed E-state index contributed by atoms with van der Waals surface area (Å²) in [6.45, 7) is 6.15. The second-order valence-electron chi connectivity index (χ2n) is 4.77. The summed E-state index contributed by atoms with van der Waals surface area (Å²) in [5.74, 6) is 8.01. The lowest BCUT2D eigenvalue weighted by atomic mass is 10.1. The quantitative estimate of drug-likeness (QED) is 0.646. The van der Waals surface area contributed by atoms with Gasteiger partial charge in [-0.1, -0.05) is 24.6 Å². The number of nitrogens with one attached hydrogen (secondary N) is 1. The first kappa shape index (κ1) is 14.3. The smallest absolute Gasteiger partial charge is 0.224 e. The zero-order chi connectivity index (χ0) is 14.5. The van der Waals surface area contributed by atoms with Gasteiger partial charge in [-0.05, 0) is 31.9 Å². The maximum atomic E-state index is 5.85. The first-order valence-electron chi connectivity index (χ1n) is 6.72. The summed E-state index contributed by atoms with van der Waals surface area (Å²) in [7, 11) is 0. The molecule has 2 rings (SSSR count). The highest BCUT2D eigenvalue weighted by Gasteiger charge is 2.07. The molecule has 0 aliphatic rings. The molecule has 0 fully saturated rings. The Balaban J connectivity index is 2.29. The fourth-order valence-corrected chi connectivity index (χ4v) is 1.96. The molecule has 0 spiro atoms. The predicted molar refractivity (Wildman–Crippen MR) is 79.8 cm³/mol. The number of rotatable bonds is 5. The van der Waals surface area contributed by atoms with Crippen molar-refractivity contribution in [2.24, 2.45) is 5.84 Å². The molecular weight excluding hydrogens is 252 g/mol. The van der Waals surface area contributed by atoms with Gasteiger partial charge in [-0.2, -0.15) is 4.98 Å². The number of nitrogen functional groups attached to an aromatic ring is 1. The summed E-state index contributed by atoms with van der Waals surface area (Å²) in [6.07, 6.45) is 1.76. The molecule has 1 aromatic heterocycles. The van der Waals surface area contributed by atoms with Crippen molar-refractivity contribution in [1.29, 1.82) is 0 Å². The average molecular weight is 272 g/mol. The molecule has 1 aromatic carbocycles. The lowest BCUT2D eigenvalue weighted by Gasteiger charge is -2.11. The molecule has 0 amide bonds. The zero-order valence-electron chi connectivity index (χ0n) is 12.1. The number of hydrogen-bond acceptors (Lipinski definition) is 5. The molecule has 0 aliphatic carbocycles. The Hall–Kier alpha value is -2.14. The van der Waals surface area contributed by atoms with Crippen LogP contribution in [-0.4, -0.2) is 9.97 Å². The highest BCUT2D eigenvalue weighted by atomic mass is 16.5. The van der Waals surface area contributed by atoms with Gasteiger partial charge in [-0.3, -0.25) is 0 Å². The van der Waals surface area contributed by atoms with Crippen LogP contribution in [0.5, 0.6) is 11.6 Å². The van der Waals surface area contributed by atoms with Crippen molar-refractivity contribution >= 4 is 5.82 Å². The summed E-state index contributed by atoms with van der Waals surface area (Å²) in [4.78, 5) is 8.69. The fraction of sp³-hybridized carbons (Fsp3) is 0.333. The van der Waals surface area contributed by atoms with Crippen LogP contribution >= 0.6 is 0 Å². The number of hydrazine groups is 1. The number of hydrogen-bond donors (Lipinski definition) is 2. The van der Waals surface area contributed by atoms with Crippen molar-refractivity contribution in [1.82, 2.24) is 9.97 Å². The highest BCUT2D eigenvalue weighted by molar-refractivity contribution is 5.41. The number of aryl methyl sites for hydroxylation is 3. The monoisotopic (exact) mass is 272 g/mol. The normalized spacial score (nSPS) is 10.4. The van der Waals surface area contributed by atoms with Gasteiger partial charge < -0.3 is 10.2 Å². The van der Waals surface area contributed by atoms with Crippen LogP contribution in [-0.2, 0) is 6.42 Å². The molecule has 0 unspecified atom stereocenters. The minimum absolute atomic E-state index is 0.503. The van der Waals surface area contributed by atoms with Crippen LogP contribution in [0.25, 0.3) is 0 Å². The molecule has 2 aromatic rings. The van der Waals surface area contributed by atoms with E-state index in [-0.39, 0.29) is 0 Å². The molecule has 106 valence electrons. The maximum absolute atomic E-state index is 5.85. The van der Waals surface area contributed by atoms with E-state index in [1.807, 2.05) is 19.1 Å². The Labute approximate surface area is 119 Å². The van der Waals surface area contributed by atoms with Crippen LogP contribution in [0.15, 0.2) is 24.3 Å². The van der Waals surface area contributed by atoms with E-state index < -0.39 is 0 Å². The van der Waals surface area contributed by atoms with Gasteiger partial charge in [-0.15, -0.1) is 0 Å². The van der Waals surface area contributed by atoms with Crippen LogP contribution in [0, 0.1) is 13.8 Å². The molecule has 0 atom stereocenters. The van der Waals surface area contributed by atoms with Gasteiger partial charge in [0.2, 0.25) is 5.88 Å². The van der Waals surface area contributed by atoms with E-state index in [1.54, 1.807) is 6.07 Å². The SMILES string of the molecule is CCCc1nc(NN)cc(Oc2ccc(C)cc2C)n1. The van der Waals surface area contributed by atoms with E-state index in [9.17, 15) is 0 Å². The molecule has 0 saturated heterocycles. The third-order valence-electron chi connectivity index (χ3n) is 2.92. The second kappa shape index (κ2) is 6.34. The Morgan fingerprint density at radius 2 is 2.00 bits per heavy atom. The number of benzene rings is 1. The van der Waals surface area contributed by atoms with Crippen molar-refractivity contribution < 1.29 is 4.74 Å². The number of nitrogens with zero attached hydrogens (tertiary/aromatic N) is 2. The van der Waals surface area contributed by atoms with Gasteiger partial charge in [0.1, 0.15) is 17.4 Å². The number of ether oxygens (including phenoxy) is 1. The predicted octanol–water partition coefficient (Wildman–Crippen LogP) is 3.12. The summed E-state index contributed by atoms with van der Waals surface area (Å²) >= 11 is 0. The molecule has 3 N–H and O–H groups in total. The van der Waals surface area contributed by atoms with Crippen molar-refractivity contribution in [3.63, 3.8) is 0 Å². The van der Waals surface area contributed by atoms with E-state index in [4.69, 9.17) is 10.6 Å². The van der Waals surface area contributed by atoms with Gasteiger partial charge in [0, 0.05) is 12.5 Å². The molecular formula is C15H20N4O. The molecule has 20 heavy (non-hydrogen) atoms. The van der Waals surface area contributed by atoms with Gasteiger partial charge in [0.05, 0.1) is 0 Å². The Bertz CT molecular complexity index is 598. The molecule has 0 bridgehead atoms. The summed E-state index contributed by atoms with van der Waals surface area (Å²) in [5.41, 5.74) is 4.82. The van der Waals surface area contributed by atoms with E-state index in [1.165, 1.54) is 5.56 Å². The van der Waals surface area contributed by atoms with Gasteiger partial charge in [0.15, 0.2) is 0 Å². The first-order valence-corrected chi connectivity index (χ1v) is 6.72. The minimum Gasteiger partial charge on any atom is -0.439 e. The van der Waals surface area contributed by atoms with Crippen LogP contribution in [0.4, 0.5) is 5.82 Å². The van der Waals surface area contributed by atoms with Gasteiger partial charge in [0.25, 0.3) is 0 Å². The van der Waals surface area contributed by atoms with Crippen LogP contribution in [0.3, 0.4) is 0 Å². The molecule has 0 aliphatic heterocycles. The van der Waals surface area contributed by atoms with Crippen molar-refractivity contribution in [3.05, 3.63) is 41.2 Å². The van der Waals surface area contributed by atoms with E-state index in [0.717, 1.165) is 30.0 Å². The third-order valence-corrected chi connectivity index (χ3v) is 2.92. The molecule has 5 nitrogen and oxygen atoms in total. The lowest BCUT2D eigenvalue weighted by Crippen LogP contribution is -2.11. The number of aromatic nitrogens is 2. The van der Waals surface area contributed by atoms with Crippen LogP contribution in [0.1, 0.15) is 30.3 Å². The van der Waals surface area contributed by atoms with Gasteiger partial charge in [-0.25, -0.2) is 10.8 Å². The second-order valence-corrected chi connectivity index (χ2v) is 4.77. The first-order chi connectivity index (χ1) is 9.62. The standard InChI is InChI=1S/C15H20N4O/c1-4-5-13-17-14(19-16)9-15(18-13)20-12-7-6-10(2)8-11(12)3/h6-9H,4-5,16H2,1-3H3,(H,17,18,19). The number of nitrogens with two attached hydrogens (primary N) is 1. The van der Waals surface area contributed by atoms with Crippen molar-refractivity contribution in [2.75, 3.05) is 5.43 Å². The Kier molecular flexibility index (Phi) is 4.53. The van der Waals surface area contributed by atoms with E-state index in [2.05, 4.69) is 35.3 Å². The largest absolute Gasteiger partial charge is 0.439 e. The summed E-state index contributed by atoms with van der Waals surface area (Å²) < 4.78 is 5.85. The third kappa shape index (κ3) is 3.45. The lowest BCUT2D eigenvalue weighted by molar-refractivity contribution is 0.455. The zero-order valence-corrected chi connectivity index (χ0v) is 12.1. The maximum Gasteiger partial charge on any atom is 0.224 e. The molecule has 1 heterocycles.